The lowest BCUT2D eigenvalue weighted by molar-refractivity contribution is -0.162. The molecule has 1 saturated heterocycles. The first kappa shape index (κ1) is 17.8. The van der Waals surface area contributed by atoms with E-state index in [1.165, 1.54) is 64.5 Å². The molecule has 0 radical (unpaired) electrons. The fraction of sp³-hybridized carbons (Fsp3) is 0.727. The van der Waals surface area contributed by atoms with Crippen LogP contribution in [0.25, 0.3) is 0 Å². The third-order valence-electron chi connectivity index (χ3n) is 7.54. The third kappa shape index (κ3) is 2.85. The molecule has 1 heterocycles. The smallest absolute Gasteiger partial charge is 0.0965 e. The zero-order valence-corrected chi connectivity index (χ0v) is 16.1. The van der Waals surface area contributed by atoms with E-state index in [2.05, 4.69) is 29.2 Å². The SMILES string of the molecule is Cl.c1ccc2c(c1)C1CCC2(OCCN2CCCC2)C2CCCCC12. The van der Waals surface area contributed by atoms with Gasteiger partial charge in [0.1, 0.15) is 0 Å². The predicted molar refractivity (Wildman–Crippen MR) is 104 cm³/mol. The van der Waals surface area contributed by atoms with Crippen molar-refractivity contribution in [2.24, 2.45) is 11.8 Å². The monoisotopic (exact) mass is 361 g/mol. The molecule has 1 aliphatic heterocycles. The van der Waals surface area contributed by atoms with Crippen molar-refractivity contribution in [3.63, 3.8) is 0 Å². The van der Waals surface area contributed by atoms with Crippen molar-refractivity contribution in [3.05, 3.63) is 35.4 Å². The molecule has 2 saturated carbocycles. The first-order valence-electron chi connectivity index (χ1n) is 10.3. The average molecular weight is 362 g/mol. The summed E-state index contributed by atoms with van der Waals surface area (Å²) in [5.74, 6) is 2.48. The van der Waals surface area contributed by atoms with Gasteiger partial charge in [0.2, 0.25) is 0 Å². The molecule has 138 valence electrons. The van der Waals surface area contributed by atoms with Crippen molar-refractivity contribution in [1.82, 2.24) is 4.90 Å². The Kier molecular flexibility index (Phi) is 5.14. The number of rotatable bonds is 4. The summed E-state index contributed by atoms with van der Waals surface area (Å²) in [5, 5.41) is 0. The number of likely N-dealkylation sites (tertiary alicyclic amines) is 1. The minimum atomic E-state index is 0. The van der Waals surface area contributed by atoms with Gasteiger partial charge in [-0.15, -0.1) is 12.4 Å². The second kappa shape index (κ2) is 7.21. The van der Waals surface area contributed by atoms with Crippen molar-refractivity contribution in [2.75, 3.05) is 26.2 Å². The molecule has 5 aliphatic rings. The molecule has 3 fully saturated rings. The van der Waals surface area contributed by atoms with E-state index in [1.807, 2.05) is 0 Å². The molecule has 4 atom stereocenters. The van der Waals surface area contributed by atoms with Gasteiger partial charge in [0.15, 0.2) is 0 Å². The molecule has 2 bridgehead atoms. The highest BCUT2D eigenvalue weighted by atomic mass is 35.5. The van der Waals surface area contributed by atoms with E-state index in [-0.39, 0.29) is 18.0 Å². The number of ether oxygens (including phenoxy) is 1. The van der Waals surface area contributed by atoms with Gasteiger partial charge < -0.3 is 9.64 Å². The van der Waals surface area contributed by atoms with Crippen LogP contribution in [0.15, 0.2) is 24.3 Å². The molecular formula is C22H32ClNO. The van der Waals surface area contributed by atoms with Crippen molar-refractivity contribution in [2.45, 2.75) is 62.9 Å². The van der Waals surface area contributed by atoms with E-state index in [4.69, 9.17) is 4.74 Å². The van der Waals surface area contributed by atoms with Gasteiger partial charge >= 0.3 is 0 Å². The number of halogens is 1. The number of benzene rings is 1. The van der Waals surface area contributed by atoms with Crippen LogP contribution in [0, 0.1) is 11.8 Å². The maximum absolute atomic E-state index is 6.87. The Morgan fingerprint density at radius 1 is 1.00 bits per heavy atom. The molecule has 2 nitrogen and oxygen atoms in total. The molecule has 1 aromatic rings. The fourth-order valence-electron chi connectivity index (χ4n) is 6.54. The highest BCUT2D eigenvalue weighted by Gasteiger charge is 2.56. The van der Waals surface area contributed by atoms with Crippen molar-refractivity contribution >= 4 is 12.4 Å². The van der Waals surface area contributed by atoms with Crippen LogP contribution in [0.2, 0.25) is 0 Å². The van der Waals surface area contributed by atoms with E-state index in [0.29, 0.717) is 0 Å². The Morgan fingerprint density at radius 3 is 2.68 bits per heavy atom. The Bertz CT molecular complexity index is 599. The normalized spacial score (nSPS) is 36.6. The summed E-state index contributed by atoms with van der Waals surface area (Å²) in [6, 6.07) is 9.28. The van der Waals surface area contributed by atoms with E-state index < -0.39 is 0 Å². The topological polar surface area (TPSA) is 12.5 Å². The summed E-state index contributed by atoms with van der Waals surface area (Å²) in [4.78, 5) is 2.59. The molecule has 0 spiro atoms. The maximum atomic E-state index is 6.87. The highest BCUT2D eigenvalue weighted by Crippen LogP contribution is 2.63. The number of nitrogens with zero attached hydrogens (tertiary/aromatic N) is 1. The van der Waals surface area contributed by atoms with Crippen molar-refractivity contribution in [1.29, 1.82) is 0 Å². The van der Waals surface area contributed by atoms with Crippen LogP contribution < -0.4 is 0 Å². The quantitative estimate of drug-likeness (QED) is 0.738. The molecule has 0 amide bonds. The molecule has 0 N–H and O–H groups in total. The molecule has 6 rings (SSSR count). The summed E-state index contributed by atoms with van der Waals surface area (Å²) in [6.45, 7) is 4.61. The van der Waals surface area contributed by atoms with E-state index in [9.17, 15) is 0 Å². The van der Waals surface area contributed by atoms with Gasteiger partial charge in [-0.2, -0.15) is 0 Å². The van der Waals surface area contributed by atoms with Gasteiger partial charge in [-0.25, -0.2) is 0 Å². The van der Waals surface area contributed by atoms with Crippen LogP contribution in [-0.4, -0.2) is 31.1 Å². The van der Waals surface area contributed by atoms with E-state index in [0.717, 1.165) is 30.9 Å². The molecule has 0 aromatic heterocycles. The number of hydrogen-bond donors (Lipinski definition) is 0. The second-order valence-corrected chi connectivity index (χ2v) is 8.57. The average Bonchev–Trinajstić information content (AvgIpc) is 3.16. The van der Waals surface area contributed by atoms with Gasteiger partial charge in [-0.05, 0) is 80.5 Å². The largest absolute Gasteiger partial charge is 0.369 e. The summed E-state index contributed by atoms with van der Waals surface area (Å²) in [7, 11) is 0. The van der Waals surface area contributed by atoms with Crippen LogP contribution in [0.5, 0.6) is 0 Å². The lowest BCUT2D eigenvalue weighted by Gasteiger charge is -2.58. The zero-order valence-electron chi connectivity index (χ0n) is 15.3. The summed E-state index contributed by atoms with van der Waals surface area (Å²) < 4.78 is 6.87. The lowest BCUT2D eigenvalue weighted by atomic mass is 9.50. The number of fused-ring (bicyclic) bond motifs is 1. The molecule has 4 aliphatic carbocycles. The minimum absolute atomic E-state index is 0. The Hall–Kier alpha value is -0.570. The third-order valence-corrected chi connectivity index (χ3v) is 7.54. The Morgan fingerprint density at radius 2 is 1.80 bits per heavy atom. The molecule has 3 heteroatoms. The molecule has 4 unspecified atom stereocenters. The summed E-state index contributed by atoms with van der Waals surface area (Å²) in [5.41, 5.74) is 3.23. The molecule has 25 heavy (non-hydrogen) atoms. The van der Waals surface area contributed by atoms with Crippen LogP contribution in [0.1, 0.15) is 68.4 Å². The van der Waals surface area contributed by atoms with Gasteiger partial charge in [0, 0.05) is 6.54 Å². The molecule has 1 aromatic carbocycles. The standard InChI is InChI=1S/C22H31NO.ClH/c1-3-9-20-18(7-1)17-11-12-22(20,21-10-4-2-8-19(17)21)24-16-15-23-13-5-6-14-23;/h1,3,7,9,17,19,21H,2,4-6,8,10-16H2;1H. The maximum Gasteiger partial charge on any atom is 0.0965 e. The second-order valence-electron chi connectivity index (χ2n) is 8.57. The van der Waals surface area contributed by atoms with Crippen LogP contribution in [-0.2, 0) is 10.3 Å². The van der Waals surface area contributed by atoms with E-state index in [1.54, 1.807) is 11.1 Å². The predicted octanol–water partition coefficient (Wildman–Crippen LogP) is 5.11. The zero-order chi connectivity index (χ0) is 16.0. The summed E-state index contributed by atoms with van der Waals surface area (Å²) in [6.07, 6.45) is 11.0. The lowest BCUT2D eigenvalue weighted by Crippen LogP contribution is -2.53. The number of hydrogen-bond acceptors (Lipinski definition) is 2. The first-order valence-corrected chi connectivity index (χ1v) is 10.3. The fourth-order valence-corrected chi connectivity index (χ4v) is 6.54. The van der Waals surface area contributed by atoms with Gasteiger partial charge in [-0.1, -0.05) is 37.1 Å². The first-order chi connectivity index (χ1) is 11.9. The highest BCUT2D eigenvalue weighted by molar-refractivity contribution is 5.85. The van der Waals surface area contributed by atoms with Gasteiger partial charge in [-0.3, -0.25) is 0 Å². The Balaban J connectivity index is 0.00000157. The van der Waals surface area contributed by atoms with Crippen LogP contribution >= 0.6 is 12.4 Å². The van der Waals surface area contributed by atoms with Crippen molar-refractivity contribution in [3.8, 4) is 0 Å². The molecular weight excluding hydrogens is 330 g/mol. The van der Waals surface area contributed by atoms with Crippen molar-refractivity contribution < 1.29 is 4.74 Å². The van der Waals surface area contributed by atoms with Gasteiger partial charge in [0.05, 0.1) is 12.2 Å². The summed E-state index contributed by atoms with van der Waals surface area (Å²) >= 11 is 0. The van der Waals surface area contributed by atoms with E-state index >= 15 is 0 Å². The Labute approximate surface area is 158 Å². The van der Waals surface area contributed by atoms with Crippen LogP contribution in [0.4, 0.5) is 0 Å². The van der Waals surface area contributed by atoms with Gasteiger partial charge in [0.25, 0.3) is 0 Å². The van der Waals surface area contributed by atoms with Crippen LogP contribution in [0.3, 0.4) is 0 Å². The minimum Gasteiger partial charge on any atom is -0.369 e.